The maximum Gasteiger partial charge on any atom is 0.335 e. The van der Waals surface area contributed by atoms with Gasteiger partial charge in [0.1, 0.15) is 0 Å². The molecule has 0 aliphatic carbocycles. The lowest BCUT2D eigenvalue weighted by atomic mass is 10.1. The van der Waals surface area contributed by atoms with Gasteiger partial charge in [-0.3, -0.25) is 0 Å². The molecule has 1 aromatic carbocycles. The van der Waals surface area contributed by atoms with Crippen LogP contribution >= 0.6 is 0 Å². The quantitative estimate of drug-likeness (QED) is 0.783. The normalized spacial score (nSPS) is 13.7. The second-order valence-corrected chi connectivity index (χ2v) is 3.81. The molecule has 0 saturated carbocycles. The van der Waals surface area contributed by atoms with E-state index in [0.717, 1.165) is 7.11 Å². The Hall–Kier alpha value is -2.25. The summed E-state index contributed by atoms with van der Waals surface area (Å²) in [5.41, 5.74) is 0.0875. The van der Waals surface area contributed by atoms with Crippen molar-refractivity contribution >= 4 is 17.6 Å². The average molecular weight is 291 g/mol. The second kappa shape index (κ2) is 6.78. The highest BCUT2D eigenvalue weighted by atomic mass is 19.3. The number of nitrogens with one attached hydrogen (secondary N) is 1. The van der Waals surface area contributed by atoms with Gasteiger partial charge in [0, 0.05) is 5.69 Å². The van der Waals surface area contributed by atoms with E-state index in [1.165, 1.54) is 24.3 Å². The molecule has 1 aromatic rings. The SMILES string of the molecule is COC(=O)C(Nc1ccc(C(=O)O)cc1)C(F)C(F)F. The predicted octanol–water partition coefficient (Wildman–Crippen LogP) is 1.94. The minimum Gasteiger partial charge on any atom is -0.478 e. The molecule has 0 aromatic heterocycles. The first-order valence-corrected chi connectivity index (χ1v) is 5.46. The number of esters is 1. The Morgan fingerprint density at radius 3 is 2.15 bits per heavy atom. The maximum absolute atomic E-state index is 13.3. The lowest BCUT2D eigenvalue weighted by Gasteiger charge is -2.20. The van der Waals surface area contributed by atoms with E-state index in [-0.39, 0.29) is 11.3 Å². The Bertz CT molecular complexity index is 478. The molecule has 20 heavy (non-hydrogen) atoms. The number of aromatic carboxylic acids is 1. The Morgan fingerprint density at radius 1 is 1.20 bits per heavy atom. The van der Waals surface area contributed by atoms with Gasteiger partial charge in [-0.25, -0.2) is 22.8 Å². The number of benzene rings is 1. The number of halogens is 3. The molecule has 0 amide bonds. The van der Waals surface area contributed by atoms with E-state index in [0.29, 0.717) is 0 Å². The van der Waals surface area contributed by atoms with E-state index in [9.17, 15) is 22.8 Å². The van der Waals surface area contributed by atoms with Gasteiger partial charge in [0.15, 0.2) is 12.2 Å². The summed E-state index contributed by atoms with van der Waals surface area (Å²) in [6, 6.07) is 2.97. The van der Waals surface area contributed by atoms with Gasteiger partial charge in [-0.05, 0) is 24.3 Å². The van der Waals surface area contributed by atoms with E-state index in [1.54, 1.807) is 0 Å². The highest BCUT2D eigenvalue weighted by molar-refractivity contribution is 5.88. The fourth-order valence-electron chi connectivity index (χ4n) is 1.43. The van der Waals surface area contributed by atoms with Crippen LogP contribution in [0.15, 0.2) is 24.3 Å². The fraction of sp³-hybridized carbons (Fsp3) is 0.333. The lowest BCUT2D eigenvalue weighted by molar-refractivity contribution is -0.144. The van der Waals surface area contributed by atoms with Gasteiger partial charge in [0.25, 0.3) is 6.43 Å². The van der Waals surface area contributed by atoms with Crippen molar-refractivity contribution in [3.05, 3.63) is 29.8 Å². The number of rotatable bonds is 6. The van der Waals surface area contributed by atoms with Gasteiger partial charge in [0.05, 0.1) is 12.7 Å². The van der Waals surface area contributed by atoms with Crippen LogP contribution in [0.4, 0.5) is 18.9 Å². The third kappa shape index (κ3) is 3.87. The predicted molar refractivity (Wildman–Crippen MR) is 63.7 cm³/mol. The molecule has 2 N–H and O–H groups in total. The van der Waals surface area contributed by atoms with E-state index >= 15 is 0 Å². The molecule has 0 heterocycles. The zero-order valence-corrected chi connectivity index (χ0v) is 10.3. The monoisotopic (exact) mass is 291 g/mol. The molecule has 8 heteroatoms. The number of hydrogen-bond donors (Lipinski definition) is 2. The number of methoxy groups -OCH3 is 1. The summed E-state index contributed by atoms with van der Waals surface area (Å²) in [6.07, 6.45) is -6.11. The molecule has 0 radical (unpaired) electrons. The van der Waals surface area contributed by atoms with Crippen LogP contribution in [0.3, 0.4) is 0 Å². The number of hydrogen-bond acceptors (Lipinski definition) is 4. The van der Waals surface area contributed by atoms with Crippen LogP contribution < -0.4 is 5.32 Å². The van der Waals surface area contributed by atoms with Crippen LogP contribution in [-0.2, 0) is 9.53 Å². The molecule has 1 rings (SSSR count). The van der Waals surface area contributed by atoms with Crippen molar-refractivity contribution in [2.45, 2.75) is 18.6 Å². The Kier molecular flexibility index (Phi) is 5.36. The van der Waals surface area contributed by atoms with Crippen LogP contribution in [0.2, 0.25) is 0 Å². The standard InChI is InChI=1S/C12H12F3NO4/c1-20-12(19)9(8(13)10(14)15)16-7-4-2-6(3-5-7)11(17)18/h2-5,8-10,16H,1H3,(H,17,18). The van der Waals surface area contributed by atoms with Crippen LogP contribution in [0, 0.1) is 0 Å². The Morgan fingerprint density at radius 2 is 1.75 bits per heavy atom. The zero-order chi connectivity index (χ0) is 15.3. The topological polar surface area (TPSA) is 75.6 Å². The largest absolute Gasteiger partial charge is 0.478 e. The van der Waals surface area contributed by atoms with Crippen molar-refractivity contribution in [3.8, 4) is 0 Å². The average Bonchev–Trinajstić information content (AvgIpc) is 2.43. The summed E-state index contributed by atoms with van der Waals surface area (Å²) in [7, 11) is 0.947. The molecule has 110 valence electrons. The molecule has 0 saturated heterocycles. The first kappa shape index (κ1) is 15.8. The van der Waals surface area contributed by atoms with Crippen molar-refractivity contribution in [3.63, 3.8) is 0 Å². The molecule has 0 fully saturated rings. The molecule has 2 unspecified atom stereocenters. The molecule has 0 aliphatic heterocycles. The Labute approximate surface area is 112 Å². The number of carboxylic acid groups (broad SMARTS) is 1. The summed E-state index contributed by atoms with van der Waals surface area (Å²) in [5, 5.41) is 10.9. The van der Waals surface area contributed by atoms with Crippen LogP contribution in [0.25, 0.3) is 0 Å². The minimum absolute atomic E-state index is 0.0316. The van der Waals surface area contributed by atoms with Crippen molar-refractivity contribution in [1.29, 1.82) is 0 Å². The number of anilines is 1. The number of carbonyl (C=O) groups excluding carboxylic acids is 1. The highest BCUT2D eigenvalue weighted by Gasteiger charge is 2.36. The summed E-state index contributed by atoms with van der Waals surface area (Å²) in [5.74, 6) is -2.35. The van der Waals surface area contributed by atoms with Gasteiger partial charge < -0.3 is 15.2 Å². The number of carboxylic acids is 1. The lowest BCUT2D eigenvalue weighted by Crippen LogP contribution is -2.42. The van der Waals surface area contributed by atoms with Crippen LogP contribution in [0.5, 0.6) is 0 Å². The van der Waals surface area contributed by atoms with Crippen molar-refractivity contribution in [1.82, 2.24) is 0 Å². The zero-order valence-electron chi connectivity index (χ0n) is 10.3. The first-order valence-electron chi connectivity index (χ1n) is 5.46. The van der Waals surface area contributed by atoms with E-state index in [4.69, 9.17) is 5.11 Å². The summed E-state index contributed by atoms with van der Waals surface area (Å²) >= 11 is 0. The third-order valence-corrected chi connectivity index (χ3v) is 2.47. The van der Waals surface area contributed by atoms with Gasteiger partial charge >= 0.3 is 11.9 Å². The molecule has 0 spiro atoms. The van der Waals surface area contributed by atoms with Gasteiger partial charge in [-0.15, -0.1) is 0 Å². The van der Waals surface area contributed by atoms with Crippen LogP contribution in [-0.4, -0.2) is 42.8 Å². The highest BCUT2D eigenvalue weighted by Crippen LogP contribution is 2.18. The summed E-state index contributed by atoms with van der Waals surface area (Å²) in [6.45, 7) is 0. The molecule has 2 atom stereocenters. The number of alkyl halides is 3. The van der Waals surface area contributed by atoms with Crippen LogP contribution in [0.1, 0.15) is 10.4 Å². The second-order valence-electron chi connectivity index (χ2n) is 3.81. The number of carbonyl (C=O) groups is 2. The van der Waals surface area contributed by atoms with E-state index in [1.807, 2.05) is 0 Å². The van der Waals surface area contributed by atoms with E-state index < -0.39 is 30.6 Å². The van der Waals surface area contributed by atoms with Crippen molar-refractivity contribution < 1.29 is 32.6 Å². The third-order valence-electron chi connectivity index (χ3n) is 2.47. The summed E-state index contributed by atoms with van der Waals surface area (Å²) < 4.78 is 42.3. The minimum atomic E-state index is -3.36. The maximum atomic E-state index is 13.3. The van der Waals surface area contributed by atoms with Gasteiger partial charge in [-0.2, -0.15) is 0 Å². The van der Waals surface area contributed by atoms with Crippen molar-refractivity contribution in [2.24, 2.45) is 0 Å². The molecular formula is C12H12F3NO4. The van der Waals surface area contributed by atoms with E-state index in [2.05, 4.69) is 10.1 Å². The first-order chi connectivity index (χ1) is 9.36. The molecule has 0 bridgehead atoms. The molecule has 0 aliphatic rings. The summed E-state index contributed by atoms with van der Waals surface area (Å²) in [4.78, 5) is 21.9. The Balaban J connectivity index is 2.89. The van der Waals surface area contributed by atoms with Gasteiger partial charge in [0.2, 0.25) is 0 Å². The molecule has 5 nitrogen and oxygen atoms in total. The fourth-order valence-corrected chi connectivity index (χ4v) is 1.43. The molecular weight excluding hydrogens is 279 g/mol. The van der Waals surface area contributed by atoms with Gasteiger partial charge in [-0.1, -0.05) is 0 Å². The smallest absolute Gasteiger partial charge is 0.335 e. The number of ether oxygens (including phenoxy) is 1. The van der Waals surface area contributed by atoms with Crippen molar-refractivity contribution in [2.75, 3.05) is 12.4 Å².